The fourth-order valence-corrected chi connectivity index (χ4v) is 5.64. The molecule has 1 aromatic heterocycles. The van der Waals surface area contributed by atoms with E-state index in [2.05, 4.69) is 31.4 Å². The molecule has 0 aliphatic heterocycles. The highest BCUT2D eigenvalue weighted by molar-refractivity contribution is 7.19. The van der Waals surface area contributed by atoms with Gasteiger partial charge in [0.15, 0.2) is 5.13 Å². The van der Waals surface area contributed by atoms with E-state index in [0.717, 1.165) is 21.6 Å². The summed E-state index contributed by atoms with van der Waals surface area (Å²) in [5.41, 5.74) is 3.76. The first-order chi connectivity index (χ1) is 18.5. The van der Waals surface area contributed by atoms with Crippen molar-refractivity contribution >= 4 is 51.5 Å². The zero-order valence-electron chi connectivity index (χ0n) is 22.5. The first-order valence-corrected chi connectivity index (χ1v) is 14.3. The lowest BCUT2D eigenvalue weighted by Gasteiger charge is -2.22. The summed E-state index contributed by atoms with van der Waals surface area (Å²) in [5.74, 6) is -0.819. The number of hydrogen-bond donors (Lipinski definition) is 2. The van der Waals surface area contributed by atoms with Crippen molar-refractivity contribution in [2.45, 2.75) is 46.1 Å². The standard InChI is InChI=1S/C31H31Cl2N3O2S/c1-18(2)25(34-28(37)19-14-16-20(17-15-19)31(3,4)5)29(38)36-30-35-26(21-10-6-8-12-23(21)32)27(39-30)22-11-7-9-13-24(22)33/h6-18,25H,1-5H3,(H,34,37)(H,35,36,38). The van der Waals surface area contributed by atoms with Gasteiger partial charge in [0.25, 0.3) is 5.91 Å². The number of anilines is 1. The van der Waals surface area contributed by atoms with Crippen molar-refractivity contribution in [3.8, 4) is 21.7 Å². The maximum atomic E-state index is 13.4. The molecule has 8 heteroatoms. The smallest absolute Gasteiger partial charge is 0.251 e. The zero-order valence-corrected chi connectivity index (χ0v) is 24.8. The van der Waals surface area contributed by atoms with E-state index >= 15 is 0 Å². The summed E-state index contributed by atoms with van der Waals surface area (Å²) < 4.78 is 0. The van der Waals surface area contributed by atoms with Crippen LogP contribution in [0.1, 0.15) is 50.5 Å². The summed E-state index contributed by atoms with van der Waals surface area (Å²) >= 11 is 14.3. The molecule has 0 radical (unpaired) electrons. The lowest BCUT2D eigenvalue weighted by molar-refractivity contribution is -0.118. The number of halogens is 2. The van der Waals surface area contributed by atoms with Gasteiger partial charge in [0.2, 0.25) is 5.91 Å². The van der Waals surface area contributed by atoms with Crippen molar-refractivity contribution in [2.75, 3.05) is 5.32 Å². The molecule has 0 aliphatic rings. The summed E-state index contributed by atoms with van der Waals surface area (Å²) in [4.78, 5) is 32.0. The molecule has 39 heavy (non-hydrogen) atoms. The lowest BCUT2D eigenvalue weighted by atomic mass is 9.86. The number of benzene rings is 3. The minimum atomic E-state index is -0.767. The first-order valence-electron chi connectivity index (χ1n) is 12.7. The Bertz CT molecular complexity index is 1430. The Hall–Kier alpha value is -3.19. The average molecular weight is 581 g/mol. The summed E-state index contributed by atoms with van der Waals surface area (Å²) in [7, 11) is 0. The summed E-state index contributed by atoms with van der Waals surface area (Å²) in [6.07, 6.45) is 0. The van der Waals surface area contributed by atoms with E-state index in [1.165, 1.54) is 11.3 Å². The number of aromatic nitrogens is 1. The van der Waals surface area contributed by atoms with Gasteiger partial charge in [-0.05, 0) is 41.2 Å². The molecule has 2 N–H and O–H groups in total. The quantitative estimate of drug-likeness (QED) is 0.230. The molecule has 1 heterocycles. The molecule has 4 rings (SSSR count). The molecule has 202 valence electrons. The predicted octanol–water partition coefficient (Wildman–Crippen LogP) is 8.47. The average Bonchev–Trinajstić information content (AvgIpc) is 3.30. The van der Waals surface area contributed by atoms with E-state index in [1.807, 2.05) is 68.4 Å². The molecule has 0 bridgehead atoms. The Morgan fingerprint density at radius 1 is 0.846 bits per heavy atom. The fourth-order valence-electron chi connectivity index (χ4n) is 4.10. The third kappa shape index (κ3) is 6.70. The minimum Gasteiger partial charge on any atom is -0.340 e. The van der Waals surface area contributed by atoms with Crippen LogP contribution in [0.2, 0.25) is 10.0 Å². The number of carbonyl (C=O) groups excluding carboxylic acids is 2. The monoisotopic (exact) mass is 579 g/mol. The maximum Gasteiger partial charge on any atom is 0.251 e. The molecule has 2 amide bonds. The summed E-state index contributed by atoms with van der Waals surface area (Å²) in [5, 5.41) is 7.31. The highest BCUT2D eigenvalue weighted by atomic mass is 35.5. The number of thiazole rings is 1. The SMILES string of the molecule is CC(C)C(NC(=O)c1ccc(C(C)(C)C)cc1)C(=O)Nc1nc(-c2ccccc2Cl)c(-c2ccccc2Cl)s1. The van der Waals surface area contributed by atoms with E-state index in [-0.39, 0.29) is 23.1 Å². The van der Waals surface area contributed by atoms with Crippen molar-refractivity contribution in [1.29, 1.82) is 0 Å². The van der Waals surface area contributed by atoms with Crippen LogP contribution in [-0.2, 0) is 10.2 Å². The van der Waals surface area contributed by atoms with Gasteiger partial charge >= 0.3 is 0 Å². The van der Waals surface area contributed by atoms with Gasteiger partial charge in [0, 0.05) is 21.7 Å². The molecule has 3 aromatic carbocycles. The first kappa shape index (κ1) is 28.8. The third-order valence-electron chi connectivity index (χ3n) is 6.35. The summed E-state index contributed by atoms with van der Waals surface area (Å²) in [6, 6.07) is 21.6. The van der Waals surface area contributed by atoms with Gasteiger partial charge in [-0.1, -0.05) is 118 Å². The number of rotatable bonds is 7. The highest BCUT2D eigenvalue weighted by Crippen LogP contribution is 2.43. The largest absolute Gasteiger partial charge is 0.340 e. The molecule has 0 saturated heterocycles. The Kier molecular flexibility index (Phi) is 8.80. The van der Waals surface area contributed by atoms with Crippen molar-refractivity contribution in [3.63, 3.8) is 0 Å². The Morgan fingerprint density at radius 2 is 1.41 bits per heavy atom. The van der Waals surface area contributed by atoms with Crippen LogP contribution in [0.5, 0.6) is 0 Å². The van der Waals surface area contributed by atoms with Crippen molar-refractivity contribution in [2.24, 2.45) is 5.92 Å². The van der Waals surface area contributed by atoms with Gasteiger partial charge in [-0.15, -0.1) is 0 Å². The van der Waals surface area contributed by atoms with Gasteiger partial charge in [-0.3, -0.25) is 9.59 Å². The minimum absolute atomic E-state index is 0.0191. The number of nitrogens with zero attached hydrogens (tertiary/aromatic N) is 1. The Balaban J connectivity index is 1.61. The maximum absolute atomic E-state index is 13.4. The molecular formula is C31H31Cl2N3O2S. The molecule has 0 spiro atoms. The lowest BCUT2D eigenvalue weighted by Crippen LogP contribution is -2.47. The molecule has 5 nitrogen and oxygen atoms in total. The molecule has 1 unspecified atom stereocenters. The van der Waals surface area contributed by atoms with E-state index in [4.69, 9.17) is 28.2 Å². The normalized spacial score (nSPS) is 12.3. The van der Waals surface area contributed by atoms with Crippen LogP contribution < -0.4 is 10.6 Å². The summed E-state index contributed by atoms with van der Waals surface area (Å²) in [6.45, 7) is 10.1. The van der Waals surface area contributed by atoms with Crippen LogP contribution in [0.15, 0.2) is 72.8 Å². The molecule has 0 aliphatic carbocycles. The van der Waals surface area contributed by atoms with Crippen molar-refractivity contribution in [3.05, 3.63) is 94.0 Å². The topological polar surface area (TPSA) is 71.1 Å². The van der Waals surface area contributed by atoms with E-state index in [0.29, 0.717) is 26.4 Å². The van der Waals surface area contributed by atoms with Gasteiger partial charge < -0.3 is 10.6 Å². The van der Waals surface area contributed by atoms with E-state index < -0.39 is 6.04 Å². The van der Waals surface area contributed by atoms with Crippen LogP contribution in [0, 0.1) is 5.92 Å². The number of carbonyl (C=O) groups is 2. The predicted molar refractivity (Wildman–Crippen MR) is 163 cm³/mol. The van der Waals surface area contributed by atoms with Crippen LogP contribution in [0.3, 0.4) is 0 Å². The van der Waals surface area contributed by atoms with Crippen molar-refractivity contribution in [1.82, 2.24) is 10.3 Å². The van der Waals surface area contributed by atoms with Crippen LogP contribution in [0.25, 0.3) is 21.7 Å². The van der Waals surface area contributed by atoms with Gasteiger partial charge in [-0.2, -0.15) is 0 Å². The second-order valence-electron chi connectivity index (χ2n) is 10.7. The van der Waals surface area contributed by atoms with Gasteiger partial charge in [0.05, 0.1) is 15.6 Å². The molecule has 0 fully saturated rings. The van der Waals surface area contributed by atoms with E-state index in [9.17, 15) is 9.59 Å². The molecule has 4 aromatic rings. The van der Waals surface area contributed by atoms with Crippen LogP contribution in [-0.4, -0.2) is 22.8 Å². The molecule has 0 saturated carbocycles. The zero-order chi connectivity index (χ0) is 28.3. The van der Waals surface area contributed by atoms with Gasteiger partial charge in [-0.25, -0.2) is 4.98 Å². The van der Waals surface area contributed by atoms with Crippen molar-refractivity contribution < 1.29 is 9.59 Å². The number of nitrogens with one attached hydrogen (secondary N) is 2. The second-order valence-corrected chi connectivity index (χ2v) is 12.5. The second kappa shape index (κ2) is 11.9. The third-order valence-corrected chi connectivity index (χ3v) is 8.02. The fraction of sp³-hybridized carbons (Fsp3) is 0.258. The van der Waals surface area contributed by atoms with Crippen LogP contribution in [0.4, 0.5) is 5.13 Å². The molecular weight excluding hydrogens is 549 g/mol. The number of amides is 2. The van der Waals surface area contributed by atoms with E-state index in [1.54, 1.807) is 18.2 Å². The molecule has 1 atom stereocenters. The Labute approximate surface area is 243 Å². The van der Waals surface area contributed by atoms with Gasteiger partial charge in [0.1, 0.15) is 6.04 Å². The highest BCUT2D eigenvalue weighted by Gasteiger charge is 2.27. The number of hydrogen-bond acceptors (Lipinski definition) is 4. The Morgan fingerprint density at radius 3 is 1.95 bits per heavy atom. The van der Waals surface area contributed by atoms with Crippen LogP contribution >= 0.6 is 34.5 Å².